The van der Waals surface area contributed by atoms with Crippen molar-refractivity contribution < 1.29 is 9.53 Å². The van der Waals surface area contributed by atoms with Crippen LogP contribution in [0.5, 0.6) is 5.75 Å². The Hall–Kier alpha value is -1.06. The monoisotopic (exact) mass is 253 g/mol. The quantitative estimate of drug-likeness (QED) is 0.839. The van der Waals surface area contributed by atoms with Crippen LogP contribution in [-0.2, 0) is 0 Å². The Balaban J connectivity index is 2.28. The molecule has 0 bridgehead atoms. The number of benzene rings is 1. The van der Waals surface area contributed by atoms with E-state index in [0.717, 1.165) is 19.4 Å². The molecule has 1 aromatic carbocycles. The number of ether oxygens (including phenoxy) is 1. The van der Waals surface area contributed by atoms with Crippen molar-refractivity contribution in [3.8, 4) is 5.75 Å². The minimum absolute atomic E-state index is 0.0773. The van der Waals surface area contributed by atoms with Crippen LogP contribution >= 0.6 is 11.6 Å². The number of ketones is 1. The van der Waals surface area contributed by atoms with Gasteiger partial charge in [0.1, 0.15) is 5.75 Å². The van der Waals surface area contributed by atoms with Crippen molar-refractivity contribution in [3.63, 3.8) is 0 Å². The van der Waals surface area contributed by atoms with Crippen molar-refractivity contribution in [2.75, 3.05) is 13.2 Å². The molecule has 0 radical (unpaired) electrons. The second kappa shape index (κ2) is 5.52. The molecule has 0 amide bonds. The lowest BCUT2D eigenvalue weighted by Gasteiger charge is -2.13. The Morgan fingerprint density at radius 3 is 3.06 bits per heavy atom. The molecule has 92 valence electrons. The Bertz CT molecular complexity index is 414. The molecular weight excluding hydrogens is 238 g/mol. The third-order valence-corrected chi connectivity index (χ3v) is 3.12. The third kappa shape index (κ3) is 2.79. The summed E-state index contributed by atoms with van der Waals surface area (Å²) in [5.74, 6) is 0.698. The summed E-state index contributed by atoms with van der Waals surface area (Å²) < 4.78 is 5.47. The number of hydrogen-bond acceptors (Lipinski definition) is 3. The van der Waals surface area contributed by atoms with Gasteiger partial charge in [0.15, 0.2) is 5.78 Å². The number of carbonyl (C=O) groups excluding carboxylic acids is 1. The zero-order valence-corrected chi connectivity index (χ0v) is 10.6. The molecule has 1 aliphatic heterocycles. The van der Waals surface area contributed by atoms with Crippen molar-refractivity contribution in [3.05, 3.63) is 28.8 Å². The molecule has 0 aliphatic carbocycles. The summed E-state index contributed by atoms with van der Waals surface area (Å²) in [6.07, 6.45) is 1.93. The second-order valence-electron chi connectivity index (χ2n) is 4.09. The molecule has 1 aromatic rings. The van der Waals surface area contributed by atoms with E-state index in [-0.39, 0.29) is 11.8 Å². The standard InChI is InChI=1S/C13H16ClNO2/c1-2-17-12-6-5-9(14)8-10(12)13(16)11-4-3-7-15-11/h5-6,8,11,15H,2-4,7H2,1H3. The van der Waals surface area contributed by atoms with Gasteiger partial charge < -0.3 is 10.1 Å². The van der Waals surface area contributed by atoms with Gasteiger partial charge in [-0.05, 0) is 44.5 Å². The van der Waals surface area contributed by atoms with Crippen molar-refractivity contribution in [2.45, 2.75) is 25.8 Å². The van der Waals surface area contributed by atoms with Crippen molar-refractivity contribution in [2.24, 2.45) is 0 Å². The van der Waals surface area contributed by atoms with E-state index in [1.54, 1.807) is 18.2 Å². The number of hydrogen-bond donors (Lipinski definition) is 1. The molecule has 1 fully saturated rings. The zero-order valence-electron chi connectivity index (χ0n) is 9.83. The predicted molar refractivity (Wildman–Crippen MR) is 68.0 cm³/mol. The van der Waals surface area contributed by atoms with Crippen LogP contribution in [0.1, 0.15) is 30.1 Å². The van der Waals surface area contributed by atoms with Gasteiger partial charge in [-0.3, -0.25) is 4.79 Å². The van der Waals surface area contributed by atoms with Gasteiger partial charge in [0.2, 0.25) is 0 Å². The van der Waals surface area contributed by atoms with E-state index in [1.165, 1.54) is 0 Å². The second-order valence-corrected chi connectivity index (χ2v) is 4.52. The highest BCUT2D eigenvalue weighted by atomic mass is 35.5. The fraction of sp³-hybridized carbons (Fsp3) is 0.462. The van der Waals surface area contributed by atoms with Crippen LogP contribution in [0.3, 0.4) is 0 Å². The highest BCUT2D eigenvalue weighted by molar-refractivity contribution is 6.31. The molecule has 2 rings (SSSR count). The van der Waals surface area contributed by atoms with Gasteiger partial charge in [-0.25, -0.2) is 0 Å². The lowest BCUT2D eigenvalue weighted by Crippen LogP contribution is -2.31. The largest absolute Gasteiger partial charge is 0.493 e. The van der Waals surface area contributed by atoms with E-state index >= 15 is 0 Å². The van der Waals surface area contributed by atoms with Gasteiger partial charge in [0, 0.05) is 5.02 Å². The summed E-state index contributed by atoms with van der Waals surface area (Å²) in [5, 5.41) is 3.76. The Kier molecular flexibility index (Phi) is 4.02. The smallest absolute Gasteiger partial charge is 0.183 e. The Morgan fingerprint density at radius 2 is 2.41 bits per heavy atom. The maximum Gasteiger partial charge on any atom is 0.183 e. The molecule has 1 aliphatic rings. The number of nitrogens with one attached hydrogen (secondary N) is 1. The maximum absolute atomic E-state index is 12.3. The van der Waals surface area contributed by atoms with Crippen LogP contribution in [-0.4, -0.2) is 25.0 Å². The molecule has 0 aromatic heterocycles. The van der Waals surface area contributed by atoms with E-state index in [2.05, 4.69) is 5.32 Å². The van der Waals surface area contributed by atoms with Gasteiger partial charge >= 0.3 is 0 Å². The average Bonchev–Trinajstić information content (AvgIpc) is 2.84. The van der Waals surface area contributed by atoms with Gasteiger partial charge in [-0.1, -0.05) is 11.6 Å². The zero-order chi connectivity index (χ0) is 12.3. The summed E-state index contributed by atoms with van der Waals surface area (Å²) in [5.41, 5.74) is 0.582. The van der Waals surface area contributed by atoms with Crippen molar-refractivity contribution in [1.82, 2.24) is 5.32 Å². The first-order valence-corrected chi connectivity index (χ1v) is 6.30. The number of Topliss-reactive ketones (excluding diaryl/α,β-unsaturated/α-hetero) is 1. The summed E-state index contributed by atoms with van der Waals surface area (Å²) in [4.78, 5) is 12.3. The topological polar surface area (TPSA) is 38.3 Å². The summed E-state index contributed by atoms with van der Waals surface area (Å²) in [6, 6.07) is 5.10. The molecule has 1 unspecified atom stereocenters. The third-order valence-electron chi connectivity index (χ3n) is 2.88. The maximum atomic E-state index is 12.3. The number of halogens is 1. The summed E-state index contributed by atoms with van der Waals surface area (Å²) in [6.45, 7) is 3.34. The molecular formula is C13H16ClNO2. The van der Waals surface area contributed by atoms with Crippen LogP contribution in [0.25, 0.3) is 0 Å². The molecule has 1 N–H and O–H groups in total. The molecule has 17 heavy (non-hydrogen) atoms. The van der Waals surface area contributed by atoms with Gasteiger partial charge in [0.25, 0.3) is 0 Å². The first-order chi connectivity index (χ1) is 8.22. The van der Waals surface area contributed by atoms with Crippen LogP contribution in [0.4, 0.5) is 0 Å². The van der Waals surface area contributed by atoms with Crippen molar-refractivity contribution >= 4 is 17.4 Å². The minimum Gasteiger partial charge on any atom is -0.493 e. The lowest BCUT2D eigenvalue weighted by molar-refractivity contribution is 0.0948. The Morgan fingerprint density at radius 1 is 1.59 bits per heavy atom. The average molecular weight is 254 g/mol. The first-order valence-electron chi connectivity index (χ1n) is 5.92. The molecule has 4 heteroatoms. The normalized spacial score (nSPS) is 19.3. The lowest BCUT2D eigenvalue weighted by atomic mass is 10.0. The van der Waals surface area contributed by atoms with E-state index in [4.69, 9.17) is 16.3 Å². The van der Waals surface area contributed by atoms with E-state index in [0.29, 0.717) is 22.9 Å². The van der Waals surface area contributed by atoms with Crippen LogP contribution in [0.15, 0.2) is 18.2 Å². The SMILES string of the molecule is CCOc1ccc(Cl)cc1C(=O)C1CCCN1. The van der Waals surface area contributed by atoms with Gasteiger partial charge in [0.05, 0.1) is 18.2 Å². The molecule has 0 saturated carbocycles. The fourth-order valence-electron chi connectivity index (χ4n) is 2.07. The predicted octanol–water partition coefficient (Wildman–Crippen LogP) is 2.67. The first kappa shape index (κ1) is 12.4. The summed E-state index contributed by atoms with van der Waals surface area (Å²) in [7, 11) is 0. The van der Waals surface area contributed by atoms with Gasteiger partial charge in [-0.2, -0.15) is 0 Å². The summed E-state index contributed by atoms with van der Waals surface area (Å²) >= 11 is 5.94. The van der Waals surface area contributed by atoms with Crippen LogP contribution in [0, 0.1) is 0 Å². The van der Waals surface area contributed by atoms with Crippen LogP contribution < -0.4 is 10.1 Å². The molecule has 0 spiro atoms. The number of rotatable bonds is 4. The van der Waals surface area contributed by atoms with Crippen molar-refractivity contribution in [1.29, 1.82) is 0 Å². The van der Waals surface area contributed by atoms with E-state index in [1.807, 2.05) is 6.92 Å². The molecule has 1 atom stereocenters. The van der Waals surface area contributed by atoms with E-state index in [9.17, 15) is 4.79 Å². The highest BCUT2D eigenvalue weighted by Crippen LogP contribution is 2.25. The highest BCUT2D eigenvalue weighted by Gasteiger charge is 2.25. The molecule has 1 heterocycles. The molecule has 3 nitrogen and oxygen atoms in total. The Labute approximate surface area is 106 Å². The van der Waals surface area contributed by atoms with E-state index < -0.39 is 0 Å². The van der Waals surface area contributed by atoms with Gasteiger partial charge in [-0.15, -0.1) is 0 Å². The number of carbonyl (C=O) groups is 1. The minimum atomic E-state index is -0.0901. The van der Waals surface area contributed by atoms with Crippen LogP contribution in [0.2, 0.25) is 5.02 Å². The molecule has 1 saturated heterocycles. The fourth-order valence-corrected chi connectivity index (χ4v) is 2.24.